The molecule has 396 valence electrons. The van der Waals surface area contributed by atoms with Crippen LogP contribution in [0.2, 0.25) is 0 Å². The molecular weight excluding hydrogens is 1050 g/mol. The molecule has 15 heteroatoms. The highest BCUT2D eigenvalue weighted by Gasteiger charge is 2.58. The monoisotopic (exact) mass is 1110 g/mol. The number of carbonyl (C=O) groups is 1. The van der Waals surface area contributed by atoms with Crippen molar-refractivity contribution in [1.82, 2.24) is 0 Å². The zero-order valence-corrected chi connectivity index (χ0v) is 43.2. The maximum absolute atomic E-state index is 15.9. The van der Waals surface area contributed by atoms with Gasteiger partial charge in [-0.05, 0) is 152 Å². The summed E-state index contributed by atoms with van der Waals surface area (Å²) in [5.41, 5.74) is 7.91. The van der Waals surface area contributed by atoms with E-state index >= 15 is 4.57 Å². The highest BCUT2D eigenvalue weighted by atomic mass is 31.2. The molecule has 6 N–H and O–H groups in total. The van der Waals surface area contributed by atoms with E-state index in [4.69, 9.17) is 14.7 Å². The summed E-state index contributed by atoms with van der Waals surface area (Å²) >= 11 is 0. The zero-order chi connectivity index (χ0) is 54.8. The van der Waals surface area contributed by atoms with Crippen molar-refractivity contribution in [1.29, 1.82) is 1.43 Å². The van der Waals surface area contributed by atoms with E-state index in [-0.39, 0.29) is 49.4 Å². The molecule has 1 aliphatic heterocycles. The first kappa shape index (κ1) is 56.1. The maximum atomic E-state index is 15.9. The van der Waals surface area contributed by atoms with Crippen molar-refractivity contribution in [2.24, 2.45) is 0 Å². The molecule has 1 aromatic heterocycles. The SMILES string of the molecule is C.C.O=C1C=CC(=C(c2ccc(O)cc2)c2ccc(O)cc2)C=C1.O=P1(C(c2ccc(O)cc2)(c2ccc(O)cc2)c2ccc(O)cc2)Oc2ccccc2-c2ccccc21.O=[p+]1oc2ccccc2c2ccccc21.[2H]OP=O. The van der Waals surface area contributed by atoms with Gasteiger partial charge in [-0.1, -0.05) is 154 Å². The van der Waals surface area contributed by atoms with Crippen LogP contribution >= 0.6 is 23.7 Å². The minimum atomic E-state index is -3.93. The fourth-order valence-electron chi connectivity index (χ4n) is 9.43. The van der Waals surface area contributed by atoms with Crippen molar-refractivity contribution in [3.05, 3.63) is 276 Å². The molecule has 12 rings (SSSR count). The molecule has 1 aliphatic carbocycles. The predicted octanol–water partition coefficient (Wildman–Crippen LogP) is 16.1. The van der Waals surface area contributed by atoms with E-state index in [1.54, 1.807) is 109 Å². The molecule has 0 radical (unpaired) electrons. The second-order valence-corrected chi connectivity index (χ2v) is 21.2. The van der Waals surface area contributed by atoms with Crippen LogP contribution in [0.5, 0.6) is 34.5 Å². The van der Waals surface area contributed by atoms with Gasteiger partial charge in [0.1, 0.15) is 39.7 Å². The average molecular weight is 1110 g/mol. The minimum Gasteiger partial charge on any atom is -0.508 e. The Hall–Kier alpha value is -9.14. The Labute approximate surface area is 460 Å². The van der Waals surface area contributed by atoms with Crippen molar-refractivity contribution in [3.63, 3.8) is 0 Å². The van der Waals surface area contributed by atoms with Crippen LogP contribution < -0.4 is 9.83 Å². The van der Waals surface area contributed by atoms with Gasteiger partial charge in [0.25, 0.3) is 7.37 Å². The van der Waals surface area contributed by atoms with E-state index in [2.05, 4.69) is 4.90 Å². The van der Waals surface area contributed by atoms with Crippen LogP contribution in [0, 0.1) is 0 Å². The molecular formula is C64H54O12P3+. The Morgan fingerprint density at radius 2 is 0.911 bits per heavy atom. The van der Waals surface area contributed by atoms with Gasteiger partial charge in [0.05, 0.1) is 5.30 Å². The standard InChI is InChI=1S/C31H23O5P.C19H14O3.C12H8O2P.2CH4.HO2P/c32-24-15-9-21(10-16-24)31(22-11-17-25(33)18-12-22,23-13-19-26(34)20-14-23)37(35)30-8-4-2-6-28(30)27-5-1-3-7-29(27)36-37;20-16-7-1-13(2-8-16)19(14-3-9-17(21)10-4-14)15-5-11-18(22)12-6-15;13-15-12-8-4-2-6-10(12)9-5-1-3-7-11(9)14-15;;;1-3-2/h1-20,32-34H;1-12,20-21H;1-8H;2*1H4;(H,1,2)/q;;+1;;;/i/hD. The number of aromatic hydroxyl groups is 5. The average Bonchev–Trinajstić information content (AvgIpc) is 3.66. The van der Waals surface area contributed by atoms with E-state index < -0.39 is 28.9 Å². The minimum absolute atomic E-state index is 0. The molecule has 0 bridgehead atoms. The van der Waals surface area contributed by atoms with Crippen LogP contribution in [0.1, 0.15) is 42.7 Å². The van der Waals surface area contributed by atoms with Crippen molar-refractivity contribution in [2.75, 3.05) is 0 Å². The number of ketones is 1. The van der Waals surface area contributed by atoms with Gasteiger partial charge in [0.2, 0.25) is 6.55 Å². The summed E-state index contributed by atoms with van der Waals surface area (Å²) < 4.78 is 54.1. The summed E-state index contributed by atoms with van der Waals surface area (Å²) in [4.78, 5) is 14.5. The molecule has 0 saturated heterocycles. The summed E-state index contributed by atoms with van der Waals surface area (Å²) in [6.07, 6.45) is 6.60. The Balaban J connectivity index is 0.000000182. The van der Waals surface area contributed by atoms with Crippen LogP contribution in [0.15, 0.2) is 252 Å². The normalized spacial score (nSPS) is 14.1. The Bertz CT molecular complexity index is 3830. The summed E-state index contributed by atoms with van der Waals surface area (Å²) in [5.74, 6) is 1.07. The third-order valence-electron chi connectivity index (χ3n) is 12.8. The lowest BCUT2D eigenvalue weighted by Crippen LogP contribution is -2.37. The van der Waals surface area contributed by atoms with Gasteiger partial charge in [-0.15, -0.1) is 0 Å². The van der Waals surface area contributed by atoms with Gasteiger partial charge >= 0.3 is 16.3 Å². The first-order valence-corrected chi connectivity index (χ1v) is 27.3. The fraction of sp³-hybridized carbons (Fsp3) is 0.0469. The molecule has 2 unspecified atom stereocenters. The number of benzene rings is 9. The highest BCUT2D eigenvalue weighted by Crippen LogP contribution is 2.71. The van der Waals surface area contributed by atoms with Gasteiger partial charge in [-0.25, -0.2) is 8.76 Å². The molecule has 10 aromatic rings. The number of carbonyl (C=O) groups excluding carboxylic acids is 1. The van der Waals surface area contributed by atoms with Crippen LogP contribution in [-0.2, 0) is 23.6 Å². The van der Waals surface area contributed by atoms with Crippen molar-refractivity contribution >= 4 is 61.8 Å². The third kappa shape index (κ3) is 11.9. The molecule has 12 nitrogen and oxygen atoms in total. The molecule has 0 fully saturated rings. The second kappa shape index (κ2) is 25.3. The number of rotatable bonds is 7. The van der Waals surface area contributed by atoms with E-state index in [0.717, 1.165) is 49.3 Å². The fourth-order valence-corrected chi connectivity index (χ4v) is 13.8. The van der Waals surface area contributed by atoms with Crippen LogP contribution in [-0.4, -0.2) is 37.6 Å². The van der Waals surface area contributed by atoms with Gasteiger partial charge in [0.15, 0.2) is 11.4 Å². The zero-order valence-electron chi connectivity index (χ0n) is 41.5. The molecule has 79 heavy (non-hydrogen) atoms. The van der Waals surface area contributed by atoms with E-state index in [1.165, 1.54) is 12.2 Å². The lowest BCUT2D eigenvalue weighted by Gasteiger charge is -2.44. The van der Waals surface area contributed by atoms with Crippen LogP contribution in [0.3, 0.4) is 0 Å². The Morgan fingerprint density at radius 3 is 1.41 bits per heavy atom. The second-order valence-electron chi connectivity index (χ2n) is 17.4. The van der Waals surface area contributed by atoms with Crippen molar-refractivity contribution in [3.8, 4) is 45.6 Å². The maximum Gasteiger partial charge on any atom is 0.597 e. The molecule has 2 atom stereocenters. The number of phenols is 5. The number of phenolic OH excluding ortho intramolecular Hbond substituents is 5. The van der Waals surface area contributed by atoms with Crippen LogP contribution in [0.4, 0.5) is 0 Å². The number of hydrogen-bond acceptors (Lipinski definition) is 12. The molecule has 2 aliphatic rings. The summed E-state index contributed by atoms with van der Waals surface area (Å²) in [7, 11) is -6.26. The number of hydrogen-bond donors (Lipinski definition) is 6. The first-order chi connectivity index (χ1) is 37.8. The van der Waals surface area contributed by atoms with Crippen molar-refractivity contribution in [2.45, 2.75) is 20.0 Å². The third-order valence-corrected chi connectivity index (χ3v) is 17.1. The summed E-state index contributed by atoms with van der Waals surface area (Å²) in [6.45, 7) is 0. The largest absolute Gasteiger partial charge is 0.597 e. The molecule has 2 heterocycles. The summed E-state index contributed by atoms with van der Waals surface area (Å²) in [6, 6.07) is 63.9. The molecule has 0 spiro atoms. The lowest BCUT2D eigenvalue weighted by atomic mass is 9.83. The molecule has 0 saturated carbocycles. The number of fused-ring (bicyclic) bond motifs is 6. The van der Waals surface area contributed by atoms with Gasteiger partial charge in [-0.2, -0.15) is 0 Å². The van der Waals surface area contributed by atoms with Crippen molar-refractivity contribution < 1.29 is 57.6 Å². The Morgan fingerprint density at radius 1 is 0.506 bits per heavy atom. The molecule has 9 aromatic carbocycles. The van der Waals surface area contributed by atoms with E-state index in [9.17, 15) is 34.9 Å². The van der Waals surface area contributed by atoms with Crippen LogP contribution in [0.25, 0.3) is 38.2 Å². The molecule has 0 amide bonds. The Kier molecular flexibility index (Phi) is 18.0. The number of para-hydroxylation sites is 2. The van der Waals surface area contributed by atoms with Gasteiger partial charge < -0.3 is 35.0 Å². The van der Waals surface area contributed by atoms with E-state index in [0.29, 0.717) is 33.3 Å². The topological polar surface area (TPSA) is 212 Å². The quantitative estimate of drug-likeness (QED) is 0.0500. The van der Waals surface area contributed by atoms with E-state index in [1.807, 2.05) is 121 Å². The van der Waals surface area contributed by atoms with Gasteiger partial charge in [-0.3, -0.25) is 9.36 Å². The van der Waals surface area contributed by atoms with Gasteiger partial charge in [0, 0.05) is 16.3 Å². The smallest absolute Gasteiger partial charge is 0.508 e. The first-order valence-electron chi connectivity index (χ1n) is 24.1. The number of allylic oxidation sites excluding steroid dienone is 5. The predicted molar refractivity (Wildman–Crippen MR) is 314 cm³/mol. The highest BCUT2D eigenvalue weighted by molar-refractivity contribution is 7.69. The lowest BCUT2D eigenvalue weighted by molar-refractivity contribution is -0.110. The summed E-state index contributed by atoms with van der Waals surface area (Å²) in [5, 5.41) is 51.3.